The van der Waals surface area contributed by atoms with Gasteiger partial charge in [0.2, 0.25) is 0 Å². The molecule has 2 aromatic carbocycles. The second-order valence-electron chi connectivity index (χ2n) is 11.8. The summed E-state index contributed by atoms with van der Waals surface area (Å²) in [4.78, 5) is 20.1. The highest BCUT2D eigenvalue weighted by atomic mass is 32.2. The predicted molar refractivity (Wildman–Crippen MR) is 152 cm³/mol. The topological polar surface area (TPSA) is 44.1 Å². The average Bonchev–Trinajstić information content (AvgIpc) is 2.89. The van der Waals surface area contributed by atoms with E-state index in [-0.39, 0.29) is 22.6 Å². The van der Waals surface area contributed by atoms with E-state index in [0.717, 1.165) is 66.3 Å². The molecule has 37 heavy (non-hydrogen) atoms. The normalized spacial score (nSPS) is 21.8. The molecule has 3 aromatic rings. The van der Waals surface area contributed by atoms with Crippen LogP contribution >= 0.6 is 11.8 Å². The van der Waals surface area contributed by atoms with Gasteiger partial charge in [0.15, 0.2) is 5.16 Å². The van der Waals surface area contributed by atoms with Gasteiger partial charge in [0.25, 0.3) is 5.56 Å². The molecule has 0 N–H and O–H groups in total. The number of aryl methyl sites for hydroxylation is 1. The maximum Gasteiger partial charge on any atom is 0.258 e. The van der Waals surface area contributed by atoms with Gasteiger partial charge < -0.3 is 4.74 Å². The number of benzene rings is 2. The fourth-order valence-corrected chi connectivity index (χ4v) is 8.00. The van der Waals surface area contributed by atoms with Crippen molar-refractivity contribution in [1.29, 1.82) is 0 Å². The zero-order valence-electron chi connectivity index (χ0n) is 22.2. The largest absolute Gasteiger partial charge is 0.375 e. The number of fused-ring (bicyclic) bond motifs is 4. The summed E-state index contributed by atoms with van der Waals surface area (Å²) in [6.07, 6.45) is 9.45. The lowest BCUT2D eigenvalue weighted by Crippen LogP contribution is -2.45. The molecule has 0 amide bonds. The van der Waals surface area contributed by atoms with Crippen molar-refractivity contribution in [3.05, 3.63) is 81.6 Å². The van der Waals surface area contributed by atoms with Crippen LogP contribution in [0.2, 0.25) is 0 Å². The van der Waals surface area contributed by atoms with Gasteiger partial charge in [0.05, 0.1) is 16.9 Å². The molecule has 0 unspecified atom stereocenters. The van der Waals surface area contributed by atoms with E-state index in [2.05, 4.69) is 73.0 Å². The molecule has 4 nitrogen and oxygen atoms in total. The second kappa shape index (κ2) is 10.1. The Morgan fingerprint density at radius 1 is 1.03 bits per heavy atom. The van der Waals surface area contributed by atoms with Crippen molar-refractivity contribution in [2.75, 3.05) is 12.4 Å². The number of ether oxygens (including phenoxy) is 1. The fraction of sp³-hybridized carbons (Fsp3) is 0.500. The van der Waals surface area contributed by atoms with Gasteiger partial charge in [0.1, 0.15) is 0 Å². The van der Waals surface area contributed by atoms with Gasteiger partial charge in [-0.05, 0) is 63.5 Å². The standard InChI is InChI=1S/C32H38N2O2S/c1-31(2)22-25(15-19-36-31)34-29(35)27-28(33-30(34)37-20-16-23-11-5-3-6-12-23)26-14-8-7-13-24(26)21-32(27)17-9-4-10-18-32/h3,5-8,11-14,25H,4,9-10,15-22H2,1-2H3/t25-/m1/s1. The maximum absolute atomic E-state index is 14.7. The summed E-state index contributed by atoms with van der Waals surface area (Å²) in [5.41, 5.74) is 5.69. The van der Waals surface area contributed by atoms with Crippen LogP contribution in [0.25, 0.3) is 11.3 Å². The third-order valence-corrected chi connectivity index (χ3v) is 9.68. The lowest BCUT2D eigenvalue weighted by atomic mass is 9.62. The first-order valence-corrected chi connectivity index (χ1v) is 15.0. The van der Waals surface area contributed by atoms with Crippen molar-refractivity contribution in [3.63, 3.8) is 0 Å². The Balaban J connectivity index is 1.48. The summed E-state index contributed by atoms with van der Waals surface area (Å²) in [5, 5.41) is 0.880. The summed E-state index contributed by atoms with van der Waals surface area (Å²) < 4.78 is 8.16. The van der Waals surface area contributed by atoms with E-state index in [1.807, 2.05) is 0 Å². The number of hydrogen-bond acceptors (Lipinski definition) is 4. The van der Waals surface area contributed by atoms with Crippen LogP contribution in [0.15, 0.2) is 64.5 Å². The van der Waals surface area contributed by atoms with E-state index in [0.29, 0.717) is 6.61 Å². The van der Waals surface area contributed by atoms with Crippen LogP contribution in [-0.4, -0.2) is 27.5 Å². The number of rotatable bonds is 5. The van der Waals surface area contributed by atoms with Gasteiger partial charge >= 0.3 is 0 Å². The van der Waals surface area contributed by atoms with Crippen molar-refractivity contribution < 1.29 is 4.74 Å². The van der Waals surface area contributed by atoms with Crippen molar-refractivity contribution in [3.8, 4) is 11.3 Å². The van der Waals surface area contributed by atoms with Gasteiger partial charge in [0, 0.05) is 29.4 Å². The van der Waals surface area contributed by atoms with Crippen LogP contribution in [0.1, 0.15) is 81.5 Å². The summed E-state index contributed by atoms with van der Waals surface area (Å²) in [6, 6.07) is 19.4. The van der Waals surface area contributed by atoms with E-state index >= 15 is 0 Å². The summed E-state index contributed by atoms with van der Waals surface area (Å²) >= 11 is 1.74. The Morgan fingerprint density at radius 2 is 1.78 bits per heavy atom. The Bertz CT molecular complexity index is 1320. The van der Waals surface area contributed by atoms with E-state index in [1.165, 1.54) is 30.4 Å². The molecule has 0 bridgehead atoms. The molecule has 2 fully saturated rings. The lowest BCUT2D eigenvalue weighted by Gasteiger charge is -2.43. The SMILES string of the molecule is CC1(C)C[C@H](n2c(SCCc3ccccc3)nc3c(c2=O)C2(CCCCC2)Cc2ccccc2-3)CCO1. The summed E-state index contributed by atoms with van der Waals surface area (Å²) in [5.74, 6) is 0.897. The Labute approximate surface area is 224 Å². The molecule has 1 saturated carbocycles. The van der Waals surface area contributed by atoms with Crippen molar-refractivity contribution in [2.24, 2.45) is 0 Å². The molecular formula is C32H38N2O2S. The smallest absolute Gasteiger partial charge is 0.258 e. The molecule has 1 saturated heterocycles. The number of aromatic nitrogens is 2. The second-order valence-corrected chi connectivity index (χ2v) is 12.9. The van der Waals surface area contributed by atoms with E-state index in [1.54, 1.807) is 11.8 Å². The monoisotopic (exact) mass is 514 g/mol. The lowest BCUT2D eigenvalue weighted by molar-refractivity contribution is -0.0710. The number of thioether (sulfide) groups is 1. The minimum atomic E-state index is -0.237. The minimum Gasteiger partial charge on any atom is -0.375 e. The first kappa shape index (κ1) is 24.9. The fourth-order valence-electron chi connectivity index (χ4n) is 6.95. The van der Waals surface area contributed by atoms with Gasteiger partial charge in [-0.2, -0.15) is 0 Å². The molecule has 5 heteroatoms. The van der Waals surface area contributed by atoms with Gasteiger partial charge in [-0.1, -0.05) is 85.6 Å². The molecule has 2 aliphatic carbocycles. The van der Waals surface area contributed by atoms with Crippen LogP contribution in [0.4, 0.5) is 0 Å². The van der Waals surface area contributed by atoms with Crippen LogP contribution < -0.4 is 5.56 Å². The highest BCUT2D eigenvalue weighted by Crippen LogP contribution is 2.49. The van der Waals surface area contributed by atoms with Crippen molar-refractivity contribution >= 4 is 11.8 Å². The van der Waals surface area contributed by atoms with E-state index < -0.39 is 0 Å². The quantitative estimate of drug-likeness (QED) is 0.268. The molecule has 1 spiro atoms. The van der Waals surface area contributed by atoms with Crippen molar-refractivity contribution in [2.45, 2.75) is 93.8 Å². The Kier molecular flexibility index (Phi) is 6.79. The third kappa shape index (κ3) is 4.81. The first-order chi connectivity index (χ1) is 18.0. The van der Waals surface area contributed by atoms with E-state index in [4.69, 9.17) is 9.72 Å². The number of hydrogen-bond donors (Lipinski definition) is 0. The zero-order chi connectivity index (χ0) is 25.5. The molecular weight excluding hydrogens is 476 g/mol. The Morgan fingerprint density at radius 3 is 2.57 bits per heavy atom. The predicted octanol–water partition coefficient (Wildman–Crippen LogP) is 7.13. The zero-order valence-corrected chi connectivity index (χ0v) is 23.0. The van der Waals surface area contributed by atoms with Crippen LogP contribution in [-0.2, 0) is 23.0 Å². The first-order valence-electron chi connectivity index (χ1n) is 14.0. The summed E-state index contributed by atoms with van der Waals surface area (Å²) in [6.45, 7) is 4.98. The van der Waals surface area contributed by atoms with Crippen LogP contribution in [0.5, 0.6) is 0 Å². The molecule has 3 aliphatic rings. The molecule has 0 radical (unpaired) electrons. The van der Waals surface area contributed by atoms with Gasteiger partial charge in [-0.25, -0.2) is 4.98 Å². The highest BCUT2D eigenvalue weighted by Gasteiger charge is 2.44. The van der Waals surface area contributed by atoms with Gasteiger partial charge in [-0.3, -0.25) is 9.36 Å². The average molecular weight is 515 g/mol. The molecule has 6 rings (SSSR count). The highest BCUT2D eigenvalue weighted by molar-refractivity contribution is 7.99. The molecule has 1 aromatic heterocycles. The Hall–Kier alpha value is -2.37. The molecule has 2 heterocycles. The van der Waals surface area contributed by atoms with E-state index in [9.17, 15) is 4.79 Å². The minimum absolute atomic E-state index is 0.0817. The summed E-state index contributed by atoms with van der Waals surface area (Å²) in [7, 11) is 0. The van der Waals surface area contributed by atoms with Crippen LogP contribution in [0, 0.1) is 0 Å². The van der Waals surface area contributed by atoms with Crippen molar-refractivity contribution in [1.82, 2.24) is 9.55 Å². The molecule has 1 aliphatic heterocycles. The number of nitrogens with zero attached hydrogens (tertiary/aromatic N) is 2. The van der Waals surface area contributed by atoms with Gasteiger partial charge in [-0.15, -0.1) is 0 Å². The maximum atomic E-state index is 14.7. The molecule has 1 atom stereocenters. The third-order valence-electron chi connectivity index (χ3n) is 8.73. The molecule has 194 valence electrons. The van der Waals surface area contributed by atoms with Crippen LogP contribution in [0.3, 0.4) is 0 Å².